The van der Waals surface area contributed by atoms with Gasteiger partial charge in [-0.15, -0.1) is 0 Å². The number of hydrogen-bond donors (Lipinski definition) is 2. The Kier molecular flexibility index (Phi) is 3.59. The third-order valence-electron chi connectivity index (χ3n) is 2.98. The monoisotopic (exact) mass is 205 g/mol. The molecule has 3 N–H and O–H groups in total. The molecule has 0 radical (unpaired) electrons. The van der Waals surface area contributed by atoms with Crippen LogP contribution in [0, 0.1) is 0 Å². The number of likely N-dealkylation sites (tertiary alicyclic amines) is 1. The summed E-state index contributed by atoms with van der Waals surface area (Å²) in [6, 6.07) is 8.34. The lowest BCUT2D eigenvalue weighted by Gasteiger charge is -2.26. The van der Waals surface area contributed by atoms with Gasteiger partial charge >= 0.3 is 0 Å². The van der Waals surface area contributed by atoms with Crippen LogP contribution in [-0.4, -0.2) is 18.0 Å². The van der Waals surface area contributed by atoms with Crippen LogP contribution in [0.3, 0.4) is 0 Å². The average Bonchev–Trinajstić information content (AvgIpc) is 2.31. The van der Waals surface area contributed by atoms with Gasteiger partial charge in [-0.1, -0.05) is 18.6 Å². The number of hydrogen-bond acceptors (Lipinski definition) is 3. The lowest BCUT2D eigenvalue weighted by Crippen LogP contribution is -2.29. The molecule has 82 valence electrons. The van der Waals surface area contributed by atoms with Crippen LogP contribution in [0.5, 0.6) is 0 Å². The van der Waals surface area contributed by atoms with E-state index in [9.17, 15) is 0 Å². The lowest BCUT2D eigenvalue weighted by molar-refractivity contribution is 0.221. The molecule has 0 aromatic heterocycles. The van der Waals surface area contributed by atoms with Crippen LogP contribution in [0.15, 0.2) is 24.3 Å². The second kappa shape index (κ2) is 5.14. The molecule has 0 bridgehead atoms. The van der Waals surface area contributed by atoms with E-state index >= 15 is 0 Å². The summed E-state index contributed by atoms with van der Waals surface area (Å²) in [5.41, 5.74) is 4.99. The van der Waals surface area contributed by atoms with Crippen molar-refractivity contribution in [3.8, 4) is 0 Å². The molecule has 3 heteroatoms. The summed E-state index contributed by atoms with van der Waals surface area (Å²) >= 11 is 0. The van der Waals surface area contributed by atoms with Gasteiger partial charge in [0.15, 0.2) is 0 Å². The van der Waals surface area contributed by atoms with Crippen molar-refractivity contribution >= 4 is 5.69 Å². The molecular formula is C12H19N3. The van der Waals surface area contributed by atoms with E-state index in [1.807, 2.05) is 12.1 Å². The number of benzene rings is 1. The van der Waals surface area contributed by atoms with Crippen LogP contribution in [0.4, 0.5) is 5.69 Å². The predicted molar refractivity (Wildman–Crippen MR) is 63.4 cm³/mol. The second-order valence-electron chi connectivity index (χ2n) is 4.18. The van der Waals surface area contributed by atoms with Crippen molar-refractivity contribution in [1.29, 1.82) is 0 Å². The van der Waals surface area contributed by atoms with Crippen molar-refractivity contribution in [3.05, 3.63) is 29.8 Å². The maximum atomic E-state index is 5.32. The van der Waals surface area contributed by atoms with Gasteiger partial charge in [0, 0.05) is 12.2 Å². The van der Waals surface area contributed by atoms with E-state index in [1.165, 1.54) is 37.9 Å². The molecule has 0 unspecified atom stereocenters. The van der Waals surface area contributed by atoms with E-state index in [0.29, 0.717) is 0 Å². The van der Waals surface area contributed by atoms with Gasteiger partial charge in [-0.2, -0.15) is 0 Å². The Hall–Kier alpha value is -1.06. The number of nitrogens with two attached hydrogens (primary N) is 1. The van der Waals surface area contributed by atoms with Gasteiger partial charge in [0.2, 0.25) is 0 Å². The van der Waals surface area contributed by atoms with Crippen LogP contribution in [0.1, 0.15) is 24.8 Å². The molecule has 1 aromatic carbocycles. The number of rotatable bonds is 3. The Bertz CT molecular complexity index is 288. The minimum Gasteiger partial charge on any atom is -0.324 e. The Morgan fingerprint density at radius 2 is 1.73 bits per heavy atom. The molecule has 0 amide bonds. The molecule has 1 heterocycles. The SMILES string of the molecule is NNc1ccc(CN2CCCCC2)cc1. The van der Waals surface area contributed by atoms with Crippen molar-refractivity contribution in [1.82, 2.24) is 4.90 Å². The van der Waals surface area contributed by atoms with Crippen molar-refractivity contribution in [2.24, 2.45) is 5.84 Å². The molecule has 1 aliphatic rings. The highest BCUT2D eigenvalue weighted by molar-refractivity contribution is 5.43. The number of nitrogens with one attached hydrogen (secondary N) is 1. The number of nitrogen functional groups attached to an aromatic ring is 1. The molecule has 0 aliphatic carbocycles. The first kappa shape index (κ1) is 10.5. The third kappa shape index (κ3) is 2.94. The summed E-state index contributed by atoms with van der Waals surface area (Å²) in [6.07, 6.45) is 4.09. The fourth-order valence-corrected chi connectivity index (χ4v) is 2.08. The fraction of sp³-hybridized carbons (Fsp3) is 0.500. The van der Waals surface area contributed by atoms with Crippen molar-refractivity contribution in [3.63, 3.8) is 0 Å². The highest BCUT2D eigenvalue weighted by atomic mass is 15.2. The topological polar surface area (TPSA) is 41.3 Å². The highest BCUT2D eigenvalue weighted by Gasteiger charge is 2.09. The smallest absolute Gasteiger partial charge is 0.0485 e. The lowest BCUT2D eigenvalue weighted by atomic mass is 10.1. The Morgan fingerprint density at radius 3 is 2.33 bits per heavy atom. The zero-order valence-electron chi connectivity index (χ0n) is 9.08. The van der Waals surface area contributed by atoms with E-state index < -0.39 is 0 Å². The summed E-state index contributed by atoms with van der Waals surface area (Å²) < 4.78 is 0. The maximum absolute atomic E-state index is 5.32. The van der Waals surface area contributed by atoms with Gasteiger partial charge in [0.25, 0.3) is 0 Å². The molecule has 1 saturated heterocycles. The molecule has 0 saturated carbocycles. The summed E-state index contributed by atoms with van der Waals surface area (Å²) in [7, 11) is 0. The van der Waals surface area contributed by atoms with Gasteiger partial charge < -0.3 is 5.43 Å². The molecule has 1 aliphatic heterocycles. The standard InChI is InChI=1S/C12H19N3/c13-14-12-6-4-11(5-7-12)10-15-8-2-1-3-9-15/h4-7,14H,1-3,8-10,13H2. The molecule has 1 aromatic rings. The Morgan fingerprint density at radius 1 is 1.07 bits per heavy atom. The van der Waals surface area contributed by atoms with Gasteiger partial charge in [-0.05, 0) is 43.6 Å². The molecule has 1 fully saturated rings. The number of anilines is 1. The molecule has 0 spiro atoms. The molecule has 15 heavy (non-hydrogen) atoms. The van der Waals surface area contributed by atoms with Crippen molar-refractivity contribution in [2.45, 2.75) is 25.8 Å². The van der Waals surface area contributed by atoms with E-state index in [4.69, 9.17) is 5.84 Å². The maximum Gasteiger partial charge on any atom is 0.0485 e. The second-order valence-corrected chi connectivity index (χ2v) is 4.18. The summed E-state index contributed by atoms with van der Waals surface area (Å²) in [5.74, 6) is 5.32. The average molecular weight is 205 g/mol. The normalized spacial score (nSPS) is 17.7. The van der Waals surface area contributed by atoms with E-state index in [0.717, 1.165) is 12.2 Å². The minimum absolute atomic E-state index is 0.970. The number of piperidine rings is 1. The first-order valence-corrected chi connectivity index (χ1v) is 5.66. The van der Waals surface area contributed by atoms with E-state index in [2.05, 4.69) is 22.5 Å². The zero-order chi connectivity index (χ0) is 10.5. The fourth-order valence-electron chi connectivity index (χ4n) is 2.08. The largest absolute Gasteiger partial charge is 0.324 e. The first-order valence-electron chi connectivity index (χ1n) is 5.66. The van der Waals surface area contributed by atoms with Crippen molar-refractivity contribution < 1.29 is 0 Å². The van der Waals surface area contributed by atoms with Crippen LogP contribution >= 0.6 is 0 Å². The number of nitrogens with zero attached hydrogens (tertiary/aromatic N) is 1. The zero-order valence-corrected chi connectivity index (χ0v) is 9.08. The molecule has 3 nitrogen and oxygen atoms in total. The molecular weight excluding hydrogens is 186 g/mol. The van der Waals surface area contributed by atoms with Crippen LogP contribution in [0.25, 0.3) is 0 Å². The molecule has 2 rings (SSSR count). The quantitative estimate of drug-likeness (QED) is 0.585. The molecule has 0 atom stereocenters. The minimum atomic E-state index is 0.970. The van der Waals surface area contributed by atoms with Crippen LogP contribution < -0.4 is 11.3 Å². The van der Waals surface area contributed by atoms with Gasteiger partial charge in [0.1, 0.15) is 0 Å². The summed E-state index contributed by atoms with van der Waals surface area (Å²) in [4.78, 5) is 2.52. The van der Waals surface area contributed by atoms with Gasteiger partial charge in [-0.25, -0.2) is 0 Å². The summed E-state index contributed by atoms with van der Waals surface area (Å²) in [6.45, 7) is 3.57. The van der Waals surface area contributed by atoms with E-state index in [1.54, 1.807) is 0 Å². The first-order chi connectivity index (χ1) is 7.38. The van der Waals surface area contributed by atoms with Crippen LogP contribution in [-0.2, 0) is 6.54 Å². The number of hydrazine groups is 1. The Labute approximate surface area is 91.2 Å². The Balaban J connectivity index is 1.91. The van der Waals surface area contributed by atoms with E-state index in [-0.39, 0.29) is 0 Å². The highest BCUT2D eigenvalue weighted by Crippen LogP contribution is 2.14. The van der Waals surface area contributed by atoms with Gasteiger partial charge in [-0.3, -0.25) is 10.7 Å². The van der Waals surface area contributed by atoms with Crippen molar-refractivity contribution in [2.75, 3.05) is 18.5 Å². The summed E-state index contributed by atoms with van der Waals surface area (Å²) in [5, 5.41) is 0. The predicted octanol–water partition coefficient (Wildman–Crippen LogP) is 1.96. The third-order valence-corrected chi connectivity index (χ3v) is 2.98. The van der Waals surface area contributed by atoms with Gasteiger partial charge in [0.05, 0.1) is 0 Å². The van der Waals surface area contributed by atoms with Crippen LogP contribution in [0.2, 0.25) is 0 Å².